The second-order valence-corrected chi connectivity index (χ2v) is 28.4. The molecule has 89 heavy (non-hydrogen) atoms. The van der Waals surface area contributed by atoms with Crippen LogP contribution in [0.25, 0.3) is 0 Å². The number of allylic oxidation sites excluding steroid dienone is 3. The molecule has 14 N–H and O–H groups in total. The number of carbonyl (C=O) groups excluding carboxylic acids is 2. The van der Waals surface area contributed by atoms with Crippen LogP contribution in [-0.4, -0.2) is 257 Å². The van der Waals surface area contributed by atoms with Gasteiger partial charge in [-0.15, -0.1) is 0 Å². The van der Waals surface area contributed by atoms with Gasteiger partial charge in [-0.2, -0.15) is 0 Å². The molecule has 0 amide bonds. The number of rotatable bonds is 15. The highest BCUT2D eigenvalue weighted by atomic mass is 16.8. The van der Waals surface area contributed by atoms with Gasteiger partial charge >= 0.3 is 17.9 Å². The number of carboxylic acid groups (broad SMARTS) is 1. The van der Waals surface area contributed by atoms with E-state index in [1.807, 2.05) is 34.6 Å². The summed E-state index contributed by atoms with van der Waals surface area (Å²) in [5, 5.41) is 157. The number of carbonyl (C=O) groups is 3. The normalized spacial score (nSPS) is 49.8. The minimum Gasteiger partial charge on any atom is -0.479 e. The Labute approximate surface area is 517 Å². The number of hydrogen-bond donors (Lipinski definition) is 14. The maximum atomic E-state index is 13.9. The Bertz CT molecular complexity index is 2660. The van der Waals surface area contributed by atoms with Crippen LogP contribution in [0.15, 0.2) is 34.9 Å². The second kappa shape index (κ2) is 25.8. The molecular weight excluding hydrogens is 1180 g/mol. The fourth-order valence-corrected chi connectivity index (χ4v) is 17.3. The van der Waals surface area contributed by atoms with Crippen molar-refractivity contribution in [3.63, 3.8) is 0 Å². The van der Waals surface area contributed by atoms with Gasteiger partial charge in [-0.25, -0.2) is 14.4 Å². The van der Waals surface area contributed by atoms with Crippen LogP contribution in [0.3, 0.4) is 0 Å². The Morgan fingerprint density at radius 1 is 0.607 bits per heavy atom. The van der Waals surface area contributed by atoms with Crippen LogP contribution in [-0.2, 0) is 61.8 Å². The third-order valence-corrected chi connectivity index (χ3v) is 23.0. The zero-order chi connectivity index (χ0) is 65.7. The first-order chi connectivity index (χ1) is 41.6. The van der Waals surface area contributed by atoms with Crippen LogP contribution in [0.4, 0.5) is 0 Å². The largest absolute Gasteiger partial charge is 0.479 e. The molecule has 27 nitrogen and oxygen atoms in total. The predicted molar refractivity (Wildman–Crippen MR) is 303 cm³/mol. The number of esters is 2. The molecule has 4 heterocycles. The predicted octanol–water partition coefficient (Wildman–Crippen LogP) is -1.27. The lowest BCUT2D eigenvalue weighted by Gasteiger charge is -2.73. The molecule has 0 radical (unpaired) electrons. The van der Waals surface area contributed by atoms with Crippen molar-refractivity contribution in [2.45, 2.75) is 256 Å². The minimum absolute atomic E-state index is 0.197. The zero-order valence-electron chi connectivity index (χ0n) is 52.4. The molecule has 506 valence electrons. The van der Waals surface area contributed by atoms with Crippen molar-refractivity contribution in [3.8, 4) is 0 Å². The molecule has 0 unspecified atom stereocenters. The molecule has 0 aromatic heterocycles. The summed E-state index contributed by atoms with van der Waals surface area (Å²) in [4.78, 5) is 40.7. The average Bonchev–Trinajstić information content (AvgIpc) is 0.667. The maximum absolute atomic E-state index is 13.9. The van der Waals surface area contributed by atoms with E-state index in [9.17, 15) is 85.9 Å². The minimum atomic E-state index is -2.24. The number of aliphatic hydroxyl groups excluding tert-OH is 13. The second-order valence-electron chi connectivity index (χ2n) is 28.4. The molecule has 4 saturated heterocycles. The van der Waals surface area contributed by atoms with Crippen LogP contribution in [0.5, 0.6) is 0 Å². The molecule has 0 aromatic carbocycles. The third kappa shape index (κ3) is 11.5. The van der Waals surface area contributed by atoms with Crippen molar-refractivity contribution in [2.24, 2.45) is 50.2 Å². The lowest BCUT2D eigenvalue weighted by molar-refractivity contribution is -0.399. The van der Waals surface area contributed by atoms with E-state index in [0.717, 1.165) is 5.57 Å². The molecule has 27 heteroatoms. The molecule has 0 aromatic rings. The topological polar surface area (TPSA) is 427 Å². The Morgan fingerprint density at radius 3 is 1.78 bits per heavy atom. The standard InChI is InChI=1S/C62H96O27/c1-12-25(3)51(78)88-48-49(89-52(79)26(4)13-2)62(24-64)28(20-57(48,5)6)27-14-15-33-59(9)18-17-34(58(7,8)32(59)16-19-60(33,10)61(27,11)46(74)47(62)75)83-56-45(87-54-40(72)38(70)37(69)31(21-63)82-54)42(41(73)43(85-56)50(76)77)84-55-44(36(68)30(66)23-81-55)86-53-39(71)35(67)29(65)22-80-53/h12-14,28-49,53-56,63-75H,15-24H2,1-11H3,(H,76,77)/b25-12-,26-13+/t28-,29+,30-,31+,32-,33+,34-,35-,36-,37-,38-,39+,40+,41-,42-,43-,44+,45+,46-,47+,48-,49-,53-,54-,55-,56+,59-,60+,61-,62-/m0/s1. The van der Waals surface area contributed by atoms with E-state index in [1.165, 1.54) is 0 Å². The highest BCUT2D eigenvalue weighted by Gasteiger charge is 2.76. The highest BCUT2D eigenvalue weighted by molar-refractivity contribution is 5.89. The van der Waals surface area contributed by atoms with Crippen molar-refractivity contribution in [3.05, 3.63) is 34.9 Å². The Kier molecular flexibility index (Phi) is 20.4. The summed E-state index contributed by atoms with van der Waals surface area (Å²) in [6, 6.07) is 0. The monoisotopic (exact) mass is 1270 g/mol. The smallest absolute Gasteiger partial charge is 0.335 e. The summed E-state index contributed by atoms with van der Waals surface area (Å²) < 4.78 is 61.2. The summed E-state index contributed by atoms with van der Waals surface area (Å²) in [6.07, 6.45) is -33.0. The van der Waals surface area contributed by atoms with Crippen LogP contribution < -0.4 is 0 Å². The Morgan fingerprint density at radius 2 is 1.18 bits per heavy atom. The van der Waals surface area contributed by atoms with Crippen LogP contribution in [0.1, 0.15) is 115 Å². The van der Waals surface area contributed by atoms with Gasteiger partial charge in [0.05, 0.1) is 50.2 Å². The summed E-state index contributed by atoms with van der Waals surface area (Å²) in [5.41, 5.74) is -4.71. The first-order valence-corrected chi connectivity index (χ1v) is 31.1. The van der Waals surface area contributed by atoms with Gasteiger partial charge in [-0.1, -0.05) is 72.3 Å². The molecule has 8 fully saturated rings. The van der Waals surface area contributed by atoms with Crippen LogP contribution in [0, 0.1) is 50.2 Å². The Balaban J connectivity index is 1.05. The van der Waals surface area contributed by atoms with Gasteiger partial charge in [0.25, 0.3) is 0 Å². The van der Waals surface area contributed by atoms with Crippen LogP contribution in [0.2, 0.25) is 0 Å². The average molecular weight is 1270 g/mol. The lowest BCUT2D eigenvalue weighted by Crippen LogP contribution is -2.76. The molecular formula is C62H96O27. The fourth-order valence-electron chi connectivity index (χ4n) is 17.3. The number of aliphatic carboxylic acids is 1. The van der Waals surface area contributed by atoms with Crippen molar-refractivity contribution < 1.29 is 133 Å². The molecule has 9 rings (SSSR count). The first-order valence-electron chi connectivity index (χ1n) is 31.1. The van der Waals surface area contributed by atoms with Crippen molar-refractivity contribution in [1.29, 1.82) is 0 Å². The summed E-state index contributed by atoms with van der Waals surface area (Å²) in [6.45, 7) is 17.7. The van der Waals surface area contributed by atoms with Gasteiger partial charge in [0, 0.05) is 22.0 Å². The van der Waals surface area contributed by atoms with Gasteiger partial charge in [-0.3, -0.25) is 0 Å². The van der Waals surface area contributed by atoms with Crippen molar-refractivity contribution >= 4 is 17.9 Å². The molecule has 0 spiro atoms. The van der Waals surface area contributed by atoms with Gasteiger partial charge < -0.3 is 119 Å². The maximum Gasteiger partial charge on any atom is 0.335 e. The number of carboxylic acids is 1. The summed E-state index contributed by atoms with van der Waals surface area (Å²) in [5.74, 6) is -4.23. The van der Waals surface area contributed by atoms with Gasteiger partial charge in [0.1, 0.15) is 85.5 Å². The van der Waals surface area contributed by atoms with Crippen molar-refractivity contribution in [1.82, 2.24) is 0 Å². The fraction of sp³-hybridized carbons (Fsp3) is 0.855. The van der Waals surface area contributed by atoms with Gasteiger partial charge in [-0.05, 0) is 100 Å². The third-order valence-electron chi connectivity index (χ3n) is 23.0. The zero-order valence-corrected chi connectivity index (χ0v) is 52.4. The molecule has 30 atom stereocenters. The highest BCUT2D eigenvalue weighted by Crippen LogP contribution is 2.76. The van der Waals surface area contributed by atoms with E-state index in [-0.39, 0.29) is 30.3 Å². The van der Waals surface area contributed by atoms with E-state index < -0.39 is 224 Å². The lowest BCUT2D eigenvalue weighted by atomic mass is 9.32. The van der Waals surface area contributed by atoms with Gasteiger partial charge in [0.15, 0.2) is 37.4 Å². The van der Waals surface area contributed by atoms with E-state index >= 15 is 0 Å². The molecule has 9 aliphatic rings. The number of hydrogen-bond acceptors (Lipinski definition) is 26. The quantitative estimate of drug-likeness (QED) is 0.0393. The Hall–Kier alpha value is -3.21. The van der Waals surface area contributed by atoms with E-state index in [4.69, 9.17) is 47.4 Å². The number of ether oxygens (including phenoxy) is 10. The first kappa shape index (κ1) is 70.1. The van der Waals surface area contributed by atoms with E-state index in [0.29, 0.717) is 31.3 Å². The molecule has 5 aliphatic carbocycles. The molecule has 4 aliphatic heterocycles. The summed E-state index contributed by atoms with van der Waals surface area (Å²) >= 11 is 0. The number of fused-ring (bicyclic) bond motifs is 7. The molecule has 4 saturated carbocycles. The van der Waals surface area contributed by atoms with Crippen LogP contribution >= 0.6 is 0 Å². The van der Waals surface area contributed by atoms with Crippen molar-refractivity contribution in [2.75, 3.05) is 26.4 Å². The van der Waals surface area contributed by atoms with Gasteiger partial charge in [0.2, 0.25) is 0 Å². The molecule has 0 bridgehead atoms. The SMILES string of the molecule is C/C=C(/C)C(=O)O[C@H]1[C@H](OC(=O)/C(C)=C/C)[C@]2(CO)[C@H](O)[C@H](O)[C@]3(C)C(=CC[C@@H]4[C@@]5(C)CC[C@H](O[C@@H]6O[C@H](C(=O)O)[C@@H](O)[C@H](O[C@@H]7OC[C@H](O)[C@H](O)[C@H]7O[C@@H]7OC[C@@H](O)[C@H](O)[C@H]7O)[C@H]6O[C@@H]6O[C@H](CO)[C@H](O)[C@H](O)[C@H]6O)C(C)(C)[C@@H]5CC[C@]43C)[C@@H]2CC1(C)C. The number of aliphatic hydroxyl groups is 13. The van der Waals surface area contributed by atoms with E-state index in [1.54, 1.807) is 39.8 Å². The van der Waals surface area contributed by atoms with E-state index in [2.05, 4.69) is 19.9 Å². The summed E-state index contributed by atoms with van der Waals surface area (Å²) in [7, 11) is 0.